The van der Waals surface area contributed by atoms with Crippen molar-refractivity contribution in [1.29, 1.82) is 0 Å². The summed E-state index contributed by atoms with van der Waals surface area (Å²) in [7, 11) is 0. The van der Waals surface area contributed by atoms with E-state index in [9.17, 15) is 0 Å². The lowest BCUT2D eigenvalue weighted by atomic mass is 9.91. The molecule has 0 aromatic heterocycles. The predicted octanol–water partition coefficient (Wildman–Crippen LogP) is 14.6. The van der Waals surface area contributed by atoms with Crippen LogP contribution in [0.2, 0.25) is 0 Å². The molecule has 6 aromatic carbocycles. The van der Waals surface area contributed by atoms with E-state index in [1.165, 1.54) is 116 Å². The highest BCUT2D eigenvalue weighted by Crippen LogP contribution is 2.34. The summed E-state index contributed by atoms with van der Waals surface area (Å²) in [5.74, 6) is 0. The molecule has 0 unspecified atom stereocenters. The van der Waals surface area contributed by atoms with Gasteiger partial charge in [-0.3, -0.25) is 0 Å². The largest absolute Gasteiger partial charge is 0.0654 e. The van der Waals surface area contributed by atoms with Gasteiger partial charge in [-0.2, -0.15) is 0 Å². The maximum absolute atomic E-state index is 2.41. The number of hydrogen-bond donors (Lipinski definition) is 0. The summed E-state index contributed by atoms with van der Waals surface area (Å²) < 4.78 is 0. The van der Waals surface area contributed by atoms with Crippen molar-refractivity contribution in [2.24, 2.45) is 0 Å². The highest BCUT2D eigenvalue weighted by Gasteiger charge is 2.11. The molecule has 0 atom stereocenters. The normalized spacial score (nSPS) is 11.2. The SMILES string of the molecule is CCCCc1ccc(-c2ccc(-c3ccc(-c4ccc(-c5ccc(-c6ccc(CCCC)cc6)c(CCC)c5)cc4)cc3)cc2CCC)cc1. The molecule has 6 rings (SSSR count). The second kappa shape index (κ2) is 17.3. The van der Waals surface area contributed by atoms with E-state index in [0.29, 0.717) is 0 Å². The van der Waals surface area contributed by atoms with Gasteiger partial charge >= 0.3 is 0 Å². The van der Waals surface area contributed by atoms with Gasteiger partial charge < -0.3 is 0 Å². The van der Waals surface area contributed by atoms with Crippen molar-refractivity contribution in [1.82, 2.24) is 0 Å². The van der Waals surface area contributed by atoms with Crippen molar-refractivity contribution < 1.29 is 0 Å². The van der Waals surface area contributed by atoms with E-state index in [1.807, 2.05) is 0 Å². The zero-order chi connectivity index (χ0) is 34.7. The quantitative estimate of drug-likeness (QED) is 0.103. The molecule has 0 heterocycles. The first kappa shape index (κ1) is 35.2. The summed E-state index contributed by atoms with van der Waals surface area (Å²) in [5.41, 5.74) is 18.7. The molecule has 0 aliphatic heterocycles. The molecule has 254 valence electrons. The van der Waals surface area contributed by atoms with E-state index in [2.05, 4.69) is 161 Å². The maximum Gasteiger partial charge on any atom is -0.0151 e. The molecule has 0 heteroatoms. The molecule has 0 aliphatic carbocycles. The van der Waals surface area contributed by atoms with Gasteiger partial charge in [0.25, 0.3) is 0 Å². The van der Waals surface area contributed by atoms with E-state index in [0.717, 1.165) is 25.7 Å². The van der Waals surface area contributed by atoms with Gasteiger partial charge in [0.2, 0.25) is 0 Å². The van der Waals surface area contributed by atoms with Crippen LogP contribution in [0.4, 0.5) is 0 Å². The molecular weight excluding hydrogens is 601 g/mol. The highest BCUT2D eigenvalue weighted by molar-refractivity contribution is 5.78. The van der Waals surface area contributed by atoms with Crippen LogP contribution in [0.1, 0.15) is 88.5 Å². The molecule has 0 fully saturated rings. The molecule has 0 nitrogen and oxygen atoms in total. The molecule has 6 aromatic rings. The average Bonchev–Trinajstić information content (AvgIpc) is 3.17. The number of aryl methyl sites for hydroxylation is 4. The van der Waals surface area contributed by atoms with Gasteiger partial charge in [0.15, 0.2) is 0 Å². The topological polar surface area (TPSA) is 0 Å². The Hall–Kier alpha value is -4.68. The number of hydrogen-bond acceptors (Lipinski definition) is 0. The summed E-state index contributed by atoms with van der Waals surface area (Å²) >= 11 is 0. The molecule has 0 saturated carbocycles. The number of unbranched alkanes of at least 4 members (excludes halogenated alkanes) is 2. The van der Waals surface area contributed by atoms with Gasteiger partial charge in [0.1, 0.15) is 0 Å². The van der Waals surface area contributed by atoms with E-state index in [-0.39, 0.29) is 0 Å². The Labute approximate surface area is 302 Å². The number of benzene rings is 6. The Morgan fingerprint density at radius 1 is 0.280 bits per heavy atom. The lowest BCUT2D eigenvalue weighted by Gasteiger charge is -2.14. The van der Waals surface area contributed by atoms with E-state index in [1.54, 1.807) is 0 Å². The van der Waals surface area contributed by atoms with Crippen molar-refractivity contribution >= 4 is 0 Å². The Morgan fingerprint density at radius 3 is 0.900 bits per heavy atom. The minimum Gasteiger partial charge on any atom is -0.0654 e. The Balaban J connectivity index is 1.18. The standard InChI is InChI=1S/C50H54/c1-5-9-13-37-15-19-43(20-16-37)49-33-31-45(35-47(49)11-7-3)41-27-23-39(24-28-41)40-25-29-42(30-26-40)46-32-34-50(48(36-46)12-8-4)44-21-17-38(18-22-44)14-10-6-2/h15-36H,5-14H2,1-4H3. The van der Waals surface area contributed by atoms with Gasteiger partial charge in [0, 0.05) is 0 Å². The zero-order valence-electron chi connectivity index (χ0n) is 30.8. The fraction of sp³-hybridized carbons (Fsp3) is 0.280. The van der Waals surface area contributed by atoms with Crippen LogP contribution in [0.25, 0.3) is 55.6 Å². The van der Waals surface area contributed by atoms with Crippen LogP contribution in [-0.2, 0) is 25.7 Å². The molecule has 0 spiro atoms. The number of rotatable bonds is 15. The van der Waals surface area contributed by atoms with Crippen LogP contribution in [0.3, 0.4) is 0 Å². The summed E-state index contributed by atoms with van der Waals surface area (Å²) in [6, 6.07) is 50.8. The minimum absolute atomic E-state index is 1.08. The first-order chi connectivity index (χ1) is 24.6. The second-order valence-electron chi connectivity index (χ2n) is 14.0. The predicted molar refractivity (Wildman–Crippen MR) is 219 cm³/mol. The monoisotopic (exact) mass is 654 g/mol. The van der Waals surface area contributed by atoms with Crippen LogP contribution in [0.5, 0.6) is 0 Å². The first-order valence-corrected chi connectivity index (χ1v) is 19.3. The summed E-state index contributed by atoms with van der Waals surface area (Å²) in [5, 5.41) is 0. The van der Waals surface area contributed by atoms with Crippen molar-refractivity contribution in [3.63, 3.8) is 0 Å². The maximum atomic E-state index is 2.41. The molecule has 0 saturated heterocycles. The lowest BCUT2D eigenvalue weighted by Crippen LogP contribution is -1.92. The van der Waals surface area contributed by atoms with Gasteiger partial charge in [-0.15, -0.1) is 0 Å². The highest BCUT2D eigenvalue weighted by atomic mass is 14.2. The van der Waals surface area contributed by atoms with Crippen molar-refractivity contribution in [3.05, 3.63) is 156 Å². The Kier molecular flexibility index (Phi) is 12.2. The summed E-state index contributed by atoms with van der Waals surface area (Å²) in [6.45, 7) is 9.07. The summed E-state index contributed by atoms with van der Waals surface area (Å²) in [4.78, 5) is 0. The van der Waals surface area contributed by atoms with E-state index in [4.69, 9.17) is 0 Å². The average molecular weight is 655 g/mol. The summed E-state index contributed by atoms with van der Waals surface area (Å²) in [6.07, 6.45) is 11.8. The fourth-order valence-corrected chi connectivity index (χ4v) is 7.24. The third kappa shape index (κ3) is 8.54. The Bertz CT molecular complexity index is 1790. The van der Waals surface area contributed by atoms with Gasteiger partial charge in [-0.05, 0) is 116 Å². The third-order valence-electron chi connectivity index (χ3n) is 10.2. The molecule has 0 radical (unpaired) electrons. The van der Waals surface area contributed by atoms with Crippen LogP contribution in [-0.4, -0.2) is 0 Å². The lowest BCUT2D eigenvalue weighted by molar-refractivity contribution is 0.795. The fourth-order valence-electron chi connectivity index (χ4n) is 7.24. The zero-order valence-corrected chi connectivity index (χ0v) is 30.8. The van der Waals surface area contributed by atoms with Crippen molar-refractivity contribution in [2.75, 3.05) is 0 Å². The minimum atomic E-state index is 1.08. The Morgan fingerprint density at radius 2 is 0.580 bits per heavy atom. The smallest absolute Gasteiger partial charge is 0.0151 e. The second-order valence-corrected chi connectivity index (χ2v) is 14.0. The third-order valence-corrected chi connectivity index (χ3v) is 10.2. The molecule has 0 N–H and O–H groups in total. The van der Waals surface area contributed by atoms with Gasteiger partial charge in [-0.1, -0.05) is 187 Å². The van der Waals surface area contributed by atoms with Gasteiger partial charge in [-0.25, -0.2) is 0 Å². The van der Waals surface area contributed by atoms with Crippen LogP contribution < -0.4 is 0 Å². The van der Waals surface area contributed by atoms with E-state index >= 15 is 0 Å². The molecule has 0 aliphatic rings. The molecule has 0 amide bonds. The molecule has 0 bridgehead atoms. The van der Waals surface area contributed by atoms with Crippen LogP contribution in [0.15, 0.2) is 133 Å². The van der Waals surface area contributed by atoms with Gasteiger partial charge in [0.05, 0.1) is 0 Å². The van der Waals surface area contributed by atoms with Crippen LogP contribution >= 0.6 is 0 Å². The first-order valence-electron chi connectivity index (χ1n) is 19.3. The van der Waals surface area contributed by atoms with Crippen molar-refractivity contribution in [2.45, 2.75) is 91.9 Å². The van der Waals surface area contributed by atoms with Crippen LogP contribution in [0, 0.1) is 0 Å². The van der Waals surface area contributed by atoms with E-state index < -0.39 is 0 Å². The molecule has 50 heavy (non-hydrogen) atoms. The van der Waals surface area contributed by atoms with Crippen molar-refractivity contribution in [3.8, 4) is 55.6 Å². The molecular formula is C50H54.